The van der Waals surface area contributed by atoms with Crippen molar-refractivity contribution in [3.8, 4) is 11.3 Å². The van der Waals surface area contributed by atoms with Crippen molar-refractivity contribution < 1.29 is 23.8 Å². The van der Waals surface area contributed by atoms with Crippen LogP contribution in [0.1, 0.15) is 24.8 Å². The predicted molar refractivity (Wildman–Crippen MR) is 115 cm³/mol. The van der Waals surface area contributed by atoms with Gasteiger partial charge in [0.2, 0.25) is 5.91 Å². The van der Waals surface area contributed by atoms with Crippen LogP contribution in [0.15, 0.2) is 48.5 Å². The number of aromatic amines is 1. The number of fused-ring (bicyclic) bond motifs is 1. The lowest BCUT2D eigenvalue weighted by molar-refractivity contribution is -0.145. The molecule has 2 heterocycles. The first-order valence-electron chi connectivity index (χ1n) is 10.5. The fourth-order valence-electron chi connectivity index (χ4n) is 4.22. The van der Waals surface area contributed by atoms with E-state index >= 15 is 0 Å². The van der Waals surface area contributed by atoms with Crippen molar-refractivity contribution >= 4 is 22.8 Å². The summed E-state index contributed by atoms with van der Waals surface area (Å²) in [5.74, 6) is -1.89. The van der Waals surface area contributed by atoms with Gasteiger partial charge in [-0.15, -0.1) is 0 Å². The Morgan fingerprint density at radius 1 is 1.19 bits per heavy atom. The molecular weight excluding hydrogens is 399 g/mol. The molecule has 1 fully saturated rings. The van der Waals surface area contributed by atoms with Gasteiger partial charge in [-0.1, -0.05) is 18.2 Å². The van der Waals surface area contributed by atoms with Crippen molar-refractivity contribution in [2.75, 3.05) is 13.2 Å². The molecule has 2 unspecified atom stereocenters. The van der Waals surface area contributed by atoms with Gasteiger partial charge in [0.15, 0.2) is 0 Å². The molecule has 6 nitrogen and oxygen atoms in total. The number of rotatable bonds is 7. The number of benzene rings is 2. The van der Waals surface area contributed by atoms with Gasteiger partial charge in [0.05, 0.1) is 6.61 Å². The SMILES string of the molecule is O=C(CCc1c(-c2ccc(F)cc2)[nH]c2ccccc12)NC(C(=O)O)C1CCCOC1. The molecule has 0 bridgehead atoms. The topological polar surface area (TPSA) is 91.4 Å². The molecule has 1 aliphatic rings. The standard InChI is InChI=1S/C24H25FN2O4/c25-17-9-7-15(8-10-17)22-19(18-5-1-2-6-20(18)26-22)11-12-21(28)27-23(24(29)30)16-4-3-13-31-14-16/h1-2,5-10,16,23,26H,3-4,11-14H2,(H,27,28)(H,29,30). The Morgan fingerprint density at radius 3 is 2.68 bits per heavy atom. The fraction of sp³-hybridized carbons (Fsp3) is 0.333. The molecule has 7 heteroatoms. The van der Waals surface area contributed by atoms with Crippen LogP contribution in [0.25, 0.3) is 22.2 Å². The summed E-state index contributed by atoms with van der Waals surface area (Å²) in [4.78, 5) is 27.7. The number of carbonyl (C=O) groups is 2. The molecule has 0 spiro atoms. The van der Waals surface area contributed by atoms with Gasteiger partial charge in [-0.3, -0.25) is 4.79 Å². The number of H-pyrrole nitrogens is 1. The molecule has 3 aromatic rings. The van der Waals surface area contributed by atoms with Gasteiger partial charge in [0.1, 0.15) is 11.9 Å². The molecule has 1 amide bonds. The number of amides is 1. The Morgan fingerprint density at radius 2 is 1.97 bits per heavy atom. The molecule has 0 radical (unpaired) electrons. The van der Waals surface area contributed by atoms with Crippen molar-refractivity contribution in [1.82, 2.24) is 10.3 Å². The highest BCUT2D eigenvalue weighted by atomic mass is 19.1. The number of aryl methyl sites for hydroxylation is 1. The number of carboxylic acids is 1. The van der Waals surface area contributed by atoms with E-state index in [9.17, 15) is 19.1 Å². The predicted octanol–water partition coefficient (Wildman–Crippen LogP) is 3.90. The quantitative estimate of drug-likeness (QED) is 0.536. The van der Waals surface area contributed by atoms with E-state index in [1.807, 2.05) is 24.3 Å². The molecule has 0 aliphatic carbocycles. The lowest BCUT2D eigenvalue weighted by Gasteiger charge is -2.28. The number of hydrogen-bond donors (Lipinski definition) is 3. The van der Waals surface area contributed by atoms with Crippen LogP contribution in [0.3, 0.4) is 0 Å². The first kappa shape index (κ1) is 21.1. The Balaban J connectivity index is 1.52. The summed E-state index contributed by atoms with van der Waals surface area (Å²) in [6.07, 6.45) is 2.08. The van der Waals surface area contributed by atoms with Gasteiger partial charge < -0.3 is 20.1 Å². The minimum absolute atomic E-state index is 0.146. The lowest BCUT2D eigenvalue weighted by atomic mass is 9.93. The van der Waals surface area contributed by atoms with Crippen LogP contribution >= 0.6 is 0 Å². The van der Waals surface area contributed by atoms with Gasteiger partial charge in [0, 0.05) is 35.5 Å². The molecule has 1 saturated heterocycles. The summed E-state index contributed by atoms with van der Waals surface area (Å²) in [7, 11) is 0. The van der Waals surface area contributed by atoms with Crippen molar-refractivity contribution in [3.05, 3.63) is 59.9 Å². The summed E-state index contributed by atoms with van der Waals surface area (Å²) in [5.41, 5.74) is 3.55. The molecule has 3 N–H and O–H groups in total. The van der Waals surface area contributed by atoms with Crippen molar-refractivity contribution in [3.63, 3.8) is 0 Å². The zero-order valence-electron chi connectivity index (χ0n) is 17.1. The van der Waals surface area contributed by atoms with Gasteiger partial charge >= 0.3 is 5.97 Å². The maximum absolute atomic E-state index is 13.4. The Hall–Kier alpha value is -3.19. The zero-order valence-corrected chi connectivity index (χ0v) is 17.1. The van der Waals surface area contributed by atoms with E-state index in [0.29, 0.717) is 26.1 Å². The van der Waals surface area contributed by atoms with E-state index in [1.54, 1.807) is 12.1 Å². The summed E-state index contributed by atoms with van der Waals surface area (Å²) >= 11 is 0. The molecule has 4 rings (SSSR count). The summed E-state index contributed by atoms with van der Waals surface area (Å²) < 4.78 is 18.8. The van der Waals surface area contributed by atoms with E-state index in [0.717, 1.165) is 34.1 Å². The highest BCUT2D eigenvalue weighted by Crippen LogP contribution is 2.31. The molecule has 162 valence electrons. The van der Waals surface area contributed by atoms with Gasteiger partial charge in [0.25, 0.3) is 0 Å². The summed E-state index contributed by atoms with van der Waals surface area (Å²) in [6.45, 7) is 0.970. The van der Waals surface area contributed by atoms with Crippen LogP contribution in [0, 0.1) is 11.7 Å². The van der Waals surface area contributed by atoms with E-state index in [-0.39, 0.29) is 24.1 Å². The maximum atomic E-state index is 13.4. The van der Waals surface area contributed by atoms with Gasteiger partial charge in [-0.25, -0.2) is 9.18 Å². The van der Waals surface area contributed by atoms with Gasteiger partial charge in [-0.2, -0.15) is 0 Å². The first-order chi connectivity index (χ1) is 15.0. The van der Waals surface area contributed by atoms with Gasteiger partial charge in [-0.05, 0) is 60.7 Å². The number of para-hydroxylation sites is 1. The molecule has 0 saturated carbocycles. The average molecular weight is 424 g/mol. The van der Waals surface area contributed by atoms with E-state index in [2.05, 4.69) is 10.3 Å². The molecule has 2 aromatic carbocycles. The number of halogens is 1. The normalized spacial score (nSPS) is 17.4. The second-order valence-corrected chi connectivity index (χ2v) is 7.89. The Bertz CT molecular complexity index is 1070. The van der Waals surface area contributed by atoms with E-state index in [1.165, 1.54) is 12.1 Å². The number of carboxylic acid groups (broad SMARTS) is 1. The molecule has 1 aliphatic heterocycles. The number of nitrogens with one attached hydrogen (secondary N) is 2. The highest BCUT2D eigenvalue weighted by molar-refractivity contribution is 5.91. The largest absolute Gasteiger partial charge is 0.480 e. The van der Waals surface area contributed by atoms with Crippen LogP contribution in [-0.2, 0) is 20.7 Å². The van der Waals surface area contributed by atoms with E-state index in [4.69, 9.17) is 4.74 Å². The third-order valence-corrected chi connectivity index (χ3v) is 5.80. The van der Waals surface area contributed by atoms with Crippen LogP contribution in [0.2, 0.25) is 0 Å². The third kappa shape index (κ3) is 4.77. The minimum Gasteiger partial charge on any atom is -0.480 e. The van der Waals surface area contributed by atoms with Crippen molar-refractivity contribution in [2.45, 2.75) is 31.7 Å². The second kappa shape index (κ2) is 9.31. The van der Waals surface area contributed by atoms with Crippen LogP contribution in [-0.4, -0.2) is 41.2 Å². The molecule has 2 atom stereocenters. The third-order valence-electron chi connectivity index (χ3n) is 5.80. The molecule has 1 aromatic heterocycles. The molecular formula is C24H25FN2O4. The zero-order chi connectivity index (χ0) is 21.8. The Labute approximate surface area is 179 Å². The minimum atomic E-state index is -1.04. The summed E-state index contributed by atoms with van der Waals surface area (Å²) in [6, 6.07) is 13.0. The van der Waals surface area contributed by atoms with Crippen LogP contribution in [0.5, 0.6) is 0 Å². The van der Waals surface area contributed by atoms with E-state index < -0.39 is 12.0 Å². The maximum Gasteiger partial charge on any atom is 0.326 e. The second-order valence-electron chi connectivity index (χ2n) is 7.89. The van der Waals surface area contributed by atoms with Crippen molar-refractivity contribution in [2.24, 2.45) is 5.92 Å². The molecule has 31 heavy (non-hydrogen) atoms. The van der Waals surface area contributed by atoms with Crippen molar-refractivity contribution in [1.29, 1.82) is 0 Å². The van der Waals surface area contributed by atoms with Crippen LogP contribution in [0.4, 0.5) is 4.39 Å². The smallest absolute Gasteiger partial charge is 0.326 e. The number of carbonyl (C=O) groups excluding carboxylic acids is 1. The highest BCUT2D eigenvalue weighted by Gasteiger charge is 2.31. The number of aliphatic carboxylic acids is 1. The number of aromatic nitrogens is 1. The lowest BCUT2D eigenvalue weighted by Crippen LogP contribution is -2.48. The van der Waals surface area contributed by atoms with Crippen LogP contribution < -0.4 is 5.32 Å². The monoisotopic (exact) mass is 424 g/mol. The number of hydrogen-bond acceptors (Lipinski definition) is 3. The first-order valence-corrected chi connectivity index (χ1v) is 10.5. The average Bonchev–Trinajstić information content (AvgIpc) is 3.15. The number of ether oxygens (including phenoxy) is 1. The fourth-order valence-corrected chi connectivity index (χ4v) is 4.22. The Kier molecular flexibility index (Phi) is 6.32. The summed E-state index contributed by atoms with van der Waals surface area (Å²) in [5, 5.41) is 13.3.